The van der Waals surface area contributed by atoms with Crippen molar-refractivity contribution in [1.82, 2.24) is 15.1 Å². The van der Waals surface area contributed by atoms with Crippen LogP contribution in [-0.4, -0.2) is 28.0 Å². The molecule has 0 spiro atoms. The third kappa shape index (κ3) is 4.32. The molecule has 134 valence electrons. The van der Waals surface area contributed by atoms with Crippen LogP contribution in [0.25, 0.3) is 5.69 Å². The summed E-state index contributed by atoms with van der Waals surface area (Å²) in [4.78, 5) is 13.7. The van der Waals surface area contributed by atoms with E-state index in [0.29, 0.717) is 18.5 Å². The van der Waals surface area contributed by atoms with Crippen molar-refractivity contribution in [1.29, 1.82) is 0 Å². The van der Waals surface area contributed by atoms with Gasteiger partial charge in [0.05, 0.1) is 23.1 Å². The zero-order valence-electron chi connectivity index (χ0n) is 14.5. The van der Waals surface area contributed by atoms with Gasteiger partial charge in [-0.3, -0.25) is 4.79 Å². The molecule has 4 nitrogen and oxygen atoms in total. The number of nitrogens with one attached hydrogen (secondary N) is 1. The van der Waals surface area contributed by atoms with Gasteiger partial charge in [-0.25, -0.2) is 9.07 Å². The van der Waals surface area contributed by atoms with Gasteiger partial charge in [0, 0.05) is 17.2 Å². The lowest BCUT2D eigenvalue weighted by Crippen LogP contribution is -2.26. The number of benzene rings is 2. The first-order valence-corrected chi connectivity index (χ1v) is 9.46. The van der Waals surface area contributed by atoms with Crippen molar-refractivity contribution < 1.29 is 9.18 Å². The van der Waals surface area contributed by atoms with Crippen LogP contribution < -0.4 is 5.32 Å². The zero-order chi connectivity index (χ0) is 18.4. The van der Waals surface area contributed by atoms with Gasteiger partial charge < -0.3 is 5.32 Å². The fourth-order valence-corrected chi connectivity index (χ4v) is 3.44. The Bertz CT molecular complexity index is 863. The van der Waals surface area contributed by atoms with Crippen LogP contribution in [-0.2, 0) is 6.42 Å². The highest BCUT2D eigenvalue weighted by molar-refractivity contribution is 7.99. The Labute approximate surface area is 156 Å². The fraction of sp³-hybridized carbons (Fsp3) is 0.200. The van der Waals surface area contributed by atoms with Crippen LogP contribution in [0.2, 0.25) is 0 Å². The van der Waals surface area contributed by atoms with E-state index in [2.05, 4.69) is 22.5 Å². The first-order chi connectivity index (χ1) is 12.7. The maximum absolute atomic E-state index is 13.1. The highest BCUT2D eigenvalue weighted by Crippen LogP contribution is 2.18. The minimum atomic E-state index is -0.298. The SMILES string of the molecule is CCc1c(C(=O)NCCSc2ccccc2)cnn1-c1ccc(F)cc1. The van der Waals surface area contributed by atoms with Crippen molar-refractivity contribution in [3.05, 3.63) is 77.9 Å². The molecular formula is C20H20FN3OS. The van der Waals surface area contributed by atoms with Crippen molar-refractivity contribution in [3.63, 3.8) is 0 Å². The molecule has 0 atom stereocenters. The first kappa shape index (κ1) is 18.2. The molecule has 0 saturated heterocycles. The lowest BCUT2D eigenvalue weighted by Gasteiger charge is -2.08. The van der Waals surface area contributed by atoms with E-state index in [-0.39, 0.29) is 11.7 Å². The average Bonchev–Trinajstić information content (AvgIpc) is 3.10. The second-order valence-corrected chi connectivity index (χ2v) is 6.83. The van der Waals surface area contributed by atoms with Crippen LogP contribution >= 0.6 is 11.8 Å². The molecule has 3 aromatic rings. The largest absolute Gasteiger partial charge is 0.351 e. The molecule has 26 heavy (non-hydrogen) atoms. The third-order valence-corrected chi connectivity index (χ3v) is 4.93. The molecule has 1 aromatic heterocycles. The van der Waals surface area contributed by atoms with Crippen molar-refractivity contribution in [2.45, 2.75) is 18.2 Å². The summed E-state index contributed by atoms with van der Waals surface area (Å²) in [5.74, 6) is 0.361. The number of halogens is 1. The summed E-state index contributed by atoms with van der Waals surface area (Å²) >= 11 is 1.70. The molecule has 0 saturated carbocycles. The predicted octanol–water partition coefficient (Wildman–Crippen LogP) is 4.10. The molecular weight excluding hydrogens is 349 g/mol. The molecule has 1 amide bonds. The Kier molecular flexibility index (Phi) is 6.07. The van der Waals surface area contributed by atoms with Gasteiger partial charge >= 0.3 is 0 Å². The van der Waals surface area contributed by atoms with E-state index >= 15 is 0 Å². The molecule has 0 radical (unpaired) electrons. The standard InChI is InChI=1S/C20H20FN3OS/c1-2-19-18(14-23-24(19)16-10-8-15(21)9-11-16)20(25)22-12-13-26-17-6-4-3-5-7-17/h3-11,14H,2,12-13H2,1H3,(H,22,25). The summed E-state index contributed by atoms with van der Waals surface area (Å²) in [6.07, 6.45) is 2.22. The minimum Gasteiger partial charge on any atom is -0.351 e. The van der Waals surface area contributed by atoms with Crippen molar-refractivity contribution in [3.8, 4) is 5.69 Å². The summed E-state index contributed by atoms with van der Waals surface area (Å²) in [6.45, 7) is 2.54. The van der Waals surface area contributed by atoms with Gasteiger partial charge in [0.25, 0.3) is 5.91 Å². The number of hydrogen-bond acceptors (Lipinski definition) is 3. The number of hydrogen-bond donors (Lipinski definition) is 1. The Balaban J connectivity index is 1.63. The number of aromatic nitrogens is 2. The van der Waals surface area contributed by atoms with E-state index in [1.54, 1.807) is 34.8 Å². The van der Waals surface area contributed by atoms with Crippen molar-refractivity contribution >= 4 is 17.7 Å². The molecule has 6 heteroatoms. The van der Waals surface area contributed by atoms with Gasteiger partial charge in [-0.15, -0.1) is 11.8 Å². The molecule has 0 aliphatic rings. The number of carbonyl (C=O) groups is 1. The second-order valence-electron chi connectivity index (χ2n) is 5.66. The Morgan fingerprint density at radius 1 is 1.15 bits per heavy atom. The Hall–Kier alpha value is -2.60. The Morgan fingerprint density at radius 2 is 1.88 bits per heavy atom. The van der Waals surface area contributed by atoms with Crippen LogP contribution in [0.3, 0.4) is 0 Å². The summed E-state index contributed by atoms with van der Waals surface area (Å²) in [5, 5.41) is 7.26. The Morgan fingerprint density at radius 3 is 2.58 bits per heavy atom. The minimum absolute atomic E-state index is 0.135. The van der Waals surface area contributed by atoms with Gasteiger partial charge in [0.2, 0.25) is 0 Å². The van der Waals surface area contributed by atoms with Crippen LogP contribution in [0.15, 0.2) is 65.7 Å². The average molecular weight is 369 g/mol. The van der Waals surface area contributed by atoms with E-state index < -0.39 is 0 Å². The molecule has 1 N–H and O–H groups in total. The van der Waals surface area contributed by atoms with Crippen molar-refractivity contribution in [2.75, 3.05) is 12.3 Å². The van der Waals surface area contributed by atoms with Gasteiger partial charge in [-0.1, -0.05) is 25.1 Å². The summed E-state index contributed by atoms with van der Waals surface area (Å²) in [5.41, 5.74) is 2.10. The monoisotopic (exact) mass is 369 g/mol. The van der Waals surface area contributed by atoms with Crippen LogP contribution in [0, 0.1) is 5.82 Å². The van der Waals surface area contributed by atoms with E-state index in [9.17, 15) is 9.18 Å². The predicted molar refractivity (Wildman–Crippen MR) is 102 cm³/mol. The quantitative estimate of drug-likeness (QED) is 0.504. The molecule has 3 rings (SSSR count). The van der Waals surface area contributed by atoms with E-state index in [4.69, 9.17) is 0 Å². The molecule has 0 aliphatic carbocycles. The van der Waals surface area contributed by atoms with Gasteiger partial charge in [0.1, 0.15) is 5.82 Å². The van der Waals surface area contributed by atoms with Crippen LogP contribution in [0.5, 0.6) is 0 Å². The first-order valence-electron chi connectivity index (χ1n) is 8.48. The zero-order valence-corrected chi connectivity index (χ0v) is 15.3. The summed E-state index contributed by atoms with van der Waals surface area (Å²) in [6, 6.07) is 16.2. The fourth-order valence-electron chi connectivity index (χ4n) is 2.65. The lowest BCUT2D eigenvalue weighted by molar-refractivity contribution is 0.0955. The van der Waals surface area contributed by atoms with E-state index in [1.807, 2.05) is 25.1 Å². The molecule has 0 aliphatic heterocycles. The highest BCUT2D eigenvalue weighted by atomic mass is 32.2. The summed E-state index contributed by atoms with van der Waals surface area (Å²) < 4.78 is 14.8. The van der Waals surface area contributed by atoms with E-state index in [0.717, 1.165) is 17.1 Å². The highest BCUT2D eigenvalue weighted by Gasteiger charge is 2.16. The molecule has 0 bridgehead atoms. The number of carbonyl (C=O) groups excluding carboxylic acids is 1. The van der Waals surface area contributed by atoms with Gasteiger partial charge in [-0.05, 0) is 42.8 Å². The molecule has 0 fully saturated rings. The van der Waals surface area contributed by atoms with Gasteiger partial charge in [0.15, 0.2) is 0 Å². The molecule has 0 unspecified atom stereocenters. The molecule has 1 heterocycles. The molecule has 2 aromatic carbocycles. The van der Waals surface area contributed by atoms with E-state index in [1.165, 1.54) is 17.0 Å². The number of amides is 1. The second kappa shape index (κ2) is 8.67. The summed E-state index contributed by atoms with van der Waals surface area (Å²) in [7, 11) is 0. The van der Waals surface area contributed by atoms with Gasteiger partial charge in [-0.2, -0.15) is 5.10 Å². The van der Waals surface area contributed by atoms with Crippen LogP contribution in [0.4, 0.5) is 4.39 Å². The third-order valence-electron chi connectivity index (χ3n) is 3.92. The number of thioether (sulfide) groups is 1. The lowest BCUT2D eigenvalue weighted by atomic mass is 10.2. The van der Waals surface area contributed by atoms with Crippen molar-refractivity contribution in [2.24, 2.45) is 0 Å². The number of rotatable bonds is 7. The maximum Gasteiger partial charge on any atom is 0.254 e. The van der Waals surface area contributed by atoms with Crippen LogP contribution in [0.1, 0.15) is 23.0 Å². The normalized spacial score (nSPS) is 10.7. The number of nitrogens with zero attached hydrogens (tertiary/aromatic N) is 2. The maximum atomic E-state index is 13.1. The smallest absolute Gasteiger partial charge is 0.254 e. The topological polar surface area (TPSA) is 46.9 Å².